The minimum Gasteiger partial charge on any atom is -0.280 e. The monoisotopic (exact) mass is 383 g/mol. The van der Waals surface area contributed by atoms with E-state index in [2.05, 4.69) is 4.72 Å². The van der Waals surface area contributed by atoms with Crippen LogP contribution < -0.4 is 4.72 Å². The molecule has 3 nitrogen and oxygen atoms in total. The van der Waals surface area contributed by atoms with E-state index in [4.69, 9.17) is 46.4 Å². The highest BCUT2D eigenvalue weighted by molar-refractivity contribution is 7.92. The predicted octanol–water partition coefficient (Wildman–Crippen LogP) is 5.24. The van der Waals surface area contributed by atoms with Crippen LogP contribution in [0.15, 0.2) is 36.4 Å². The lowest BCUT2D eigenvalue weighted by molar-refractivity contribution is 0.600. The number of hydrogen-bond acceptors (Lipinski definition) is 2. The van der Waals surface area contributed by atoms with Gasteiger partial charge in [-0.05, 0) is 24.3 Å². The van der Waals surface area contributed by atoms with E-state index in [0.717, 1.165) is 0 Å². The van der Waals surface area contributed by atoms with Crippen molar-refractivity contribution in [3.63, 3.8) is 0 Å². The maximum absolute atomic E-state index is 12.2. The fourth-order valence-corrected chi connectivity index (χ4v) is 4.23. The second-order valence-electron chi connectivity index (χ2n) is 4.16. The number of nitrogens with one attached hydrogen (secondary N) is 1. The van der Waals surface area contributed by atoms with Gasteiger partial charge < -0.3 is 0 Å². The molecule has 0 amide bonds. The van der Waals surface area contributed by atoms with Crippen LogP contribution in [0.2, 0.25) is 20.1 Å². The molecular formula is C13H9Cl4NO2S. The van der Waals surface area contributed by atoms with Crippen molar-refractivity contribution in [3.05, 3.63) is 62.1 Å². The van der Waals surface area contributed by atoms with Gasteiger partial charge in [-0.25, -0.2) is 8.42 Å². The van der Waals surface area contributed by atoms with E-state index in [1.54, 1.807) is 24.3 Å². The van der Waals surface area contributed by atoms with Gasteiger partial charge in [-0.1, -0.05) is 58.5 Å². The van der Waals surface area contributed by atoms with Gasteiger partial charge in [0.2, 0.25) is 10.0 Å². The van der Waals surface area contributed by atoms with Gasteiger partial charge in [-0.15, -0.1) is 0 Å². The molecule has 2 aromatic rings. The van der Waals surface area contributed by atoms with Crippen molar-refractivity contribution in [2.24, 2.45) is 0 Å². The lowest BCUT2D eigenvalue weighted by atomic mass is 10.2. The van der Waals surface area contributed by atoms with Crippen molar-refractivity contribution in [1.82, 2.24) is 0 Å². The highest BCUT2D eigenvalue weighted by atomic mass is 35.5. The number of halogens is 4. The van der Waals surface area contributed by atoms with Gasteiger partial charge in [0.25, 0.3) is 0 Å². The minimum absolute atomic E-state index is 0.129. The first-order valence-electron chi connectivity index (χ1n) is 5.67. The predicted molar refractivity (Wildman–Crippen MR) is 89.2 cm³/mol. The fraction of sp³-hybridized carbons (Fsp3) is 0.0769. The molecule has 2 aromatic carbocycles. The normalized spacial score (nSPS) is 11.4. The SMILES string of the molecule is O=S(=O)(Cc1c(Cl)cccc1Cl)Nc1c(Cl)cccc1Cl. The van der Waals surface area contributed by atoms with Crippen LogP contribution in [0.4, 0.5) is 5.69 Å². The third-order valence-electron chi connectivity index (χ3n) is 2.62. The van der Waals surface area contributed by atoms with Gasteiger partial charge >= 0.3 is 0 Å². The number of para-hydroxylation sites is 1. The van der Waals surface area contributed by atoms with Gasteiger partial charge in [-0.3, -0.25) is 4.72 Å². The van der Waals surface area contributed by atoms with Gasteiger partial charge in [0.05, 0.1) is 21.5 Å². The smallest absolute Gasteiger partial charge is 0.237 e. The summed E-state index contributed by atoms with van der Waals surface area (Å²) in [4.78, 5) is 0. The fourth-order valence-electron chi connectivity index (χ4n) is 1.65. The molecule has 0 fully saturated rings. The Balaban J connectivity index is 2.32. The number of benzene rings is 2. The Labute approximate surface area is 142 Å². The lowest BCUT2D eigenvalue weighted by Crippen LogP contribution is -2.16. The zero-order chi connectivity index (χ0) is 15.6. The summed E-state index contributed by atoms with van der Waals surface area (Å²) in [5, 5.41) is 0.962. The van der Waals surface area contributed by atoms with Crippen LogP contribution in [-0.4, -0.2) is 8.42 Å². The summed E-state index contributed by atoms with van der Waals surface area (Å²) in [6.07, 6.45) is 0. The van der Waals surface area contributed by atoms with Crippen LogP contribution in [0.25, 0.3) is 0 Å². The Morgan fingerprint density at radius 2 is 1.24 bits per heavy atom. The molecule has 0 aromatic heterocycles. The maximum Gasteiger partial charge on any atom is 0.237 e. The van der Waals surface area contributed by atoms with Gasteiger partial charge in [-0.2, -0.15) is 0 Å². The number of anilines is 1. The number of rotatable bonds is 4. The summed E-state index contributed by atoms with van der Waals surface area (Å²) in [5.74, 6) is -0.382. The Morgan fingerprint density at radius 3 is 1.71 bits per heavy atom. The molecule has 21 heavy (non-hydrogen) atoms. The molecule has 0 aliphatic rings. The average Bonchev–Trinajstić information content (AvgIpc) is 2.39. The molecule has 112 valence electrons. The molecule has 0 aliphatic heterocycles. The van der Waals surface area contributed by atoms with E-state index < -0.39 is 10.0 Å². The number of hydrogen-bond donors (Lipinski definition) is 1. The molecule has 2 rings (SSSR count). The van der Waals surface area contributed by atoms with Crippen LogP contribution in [0, 0.1) is 0 Å². The topological polar surface area (TPSA) is 46.2 Å². The first-order chi connectivity index (χ1) is 9.80. The van der Waals surface area contributed by atoms with Gasteiger partial charge in [0.1, 0.15) is 0 Å². The van der Waals surface area contributed by atoms with Crippen LogP contribution in [-0.2, 0) is 15.8 Å². The molecule has 0 aliphatic carbocycles. The number of sulfonamides is 1. The molecule has 0 saturated carbocycles. The molecule has 0 spiro atoms. The van der Waals surface area contributed by atoms with Gasteiger partial charge in [0.15, 0.2) is 0 Å². The standard InChI is InChI=1S/C13H9Cl4NO2S/c14-9-3-1-4-10(15)8(9)7-21(19,20)18-13-11(16)5-2-6-12(13)17/h1-6,18H,7H2. The van der Waals surface area contributed by atoms with E-state index >= 15 is 0 Å². The van der Waals surface area contributed by atoms with E-state index in [1.807, 2.05) is 0 Å². The Morgan fingerprint density at radius 1 is 0.810 bits per heavy atom. The summed E-state index contributed by atoms with van der Waals surface area (Å²) >= 11 is 23.8. The van der Waals surface area contributed by atoms with Crippen molar-refractivity contribution >= 4 is 62.1 Å². The Hall–Kier alpha value is -0.650. The molecule has 8 heteroatoms. The second-order valence-corrected chi connectivity index (χ2v) is 7.51. The van der Waals surface area contributed by atoms with E-state index in [0.29, 0.717) is 5.56 Å². The summed E-state index contributed by atoms with van der Waals surface area (Å²) in [5.41, 5.74) is 0.445. The van der Waals surface area contributed by atoms with Gasteiger partial charge in [0, 0.05) is 15.6 Å². The summed E-state index contributed by atoms with van der Waals surface area (Å²) < 4.78 is 26.8. The summed E-state index contributed by atoms with van der Waals surface area (Å²) in [7, 11) is -3.77. The van der Waals surface area contributed by atoms with Crippen LogP contribution in [0.3, 0.4) is 0 Å². The molecule has 0 saturated heterocycles. The first kappa shape index (κ1) is 16.7. The molecule has 0 unspecified atom stereocenters. The molecule has 0 radical (unpaired) electrons. The zero-order valence-corrected chi connectivity index (χ0v) is 14.2. The van der Waals surface area contributed by atoms with Crippen LogP contribution >= 0.6 is 46.4 Å². The Bertz CT molecular complexity index is 678. The van der Waals surface area contributed by atoms with E-state index in [-0.39, 0.29) is 31.5 Å². The third-order valence-corrected chi connectivity index (χ3v) is 5.14. The summed E-state index contributed by atoms with van der Waals surface area (Å²) in [6, 6.07) is 9.47. The quantitative estimate of drug-likeness (QED) is 0.783. The van der Waals surface area contributed by atoms with E-state index in [1.165, 1.54) is 12.1 Å². The third kappa shape index (κ3) is 4.18. The van der Waals surface area contributed by atoms with Crippen molar-refractivity contribution in [2.45, 2.75) is 5.75 Å². The molecule has 0 atom stereocenters. The molecule has 1 N–H and O–H groups in total. The van der Waals surface area contributed by atoms with Crippen molar-refractivity contribution in [3.8, 4) is 0 Å². The molecular weight excluding hydrogens is 376 g/mol. The van der Waals surface area contributed by atoms with Crippen molar-refractivity contribution in [2.75, 3.05) is 4.72 Å². The van der Waals surface area contributed by atoms with Crippen molar-refractivity contribution in [1.29, 1.82) is 0 Å². The van der Waals surface area contributed by atoms with Crippen LogP contribution in [0.5, 0.6) is 0 Å². The molecule has 0 bridgehead atoms. The highest BCUT2D eigenvalue weighted by Crippen LogP contribution is 2.32. The molecule has 0 heterocycles. The Kier molecular flexibility index (Phi) is 5.28. The average molecular weight is 385 g/mol. The largest absolute Gasteiger partial charge is 0.280 e. The minimum atomic E-state index is -3.77. The maximum atomic E-state index is 12.2. The summed E-state index contributed by atoms with van der Waals surface area (Å²) in [6.45, 7) is 0. The lowest BCUT2D eigenvalue weighted by Gasteiger charge is -2.12. The van der Waals surface area contributed by atoms with Crippen molar-refractivity contribution < 1.29 is 8.42 Å². The highest BCUT2D eigenvalue weighted by Gasteiger charge is 2.19. The van der Waals surface area contributed by atoms with Crippen LogP contribution in [0.1, 0.15) is 5.56 Å². The zero-order valence-electron chi connectivity index (χ0n) is 10.4. The second kappa shape index (κ2) is 6.63. The van der Waals surface area contributed by atoms with E-state index in [9.17, 15) is 8.42 Å². The first-order valence-corrected chi connectivity index (χ1v) is 8.84.